The molecule has 3 aromatic carbocycles. The maximum absolute atomic E-state index is 13.9. The van der Waals surface area contributed by atoms with E-state index in [-0.39, 0.29) is 29.6 Å². The number of rotatable bonds is 5. The van der Waals surface area contributed by atoms with Crippen molar-refractivity contribution in [3.8, 4) is 5.75 Å². The third-order valence-electron chi connectivity index (χ3n) is 4.24. The predicted molar refractivity (Wildman–Crippen MR) is 104 cm³/mol. The zero-order valence-electron chi connectivity index (χ0n) is 15.1. The van der Waals surface area contributed by atoms with Crippen LogP contribution in [-0.2, 0) is 16.1 Å². The molecule has 4 nitrogen and oxygen atoms in total. The molecule has 1 heterocycles. The summed E-state index contributed by atoms with van der Waals surface area (Å²) in [4.78, 5) is 16.3. The van der Waals surface area contributed by atoms with Gasteiger partial charge in [0.1, 0.15) is 24.0 Å². The number of benzene rings is 3. The van der Waals surface area contributed by atoms with E-state index >= 15 is 0 Å². The van der Waals surface area contributed by atoms with Crippen LogP contribution < -0.4 is 4.74 Å². The highest BCUT2D eigenvalue weighted by Crippen LogP contribution is 2.26. The maximum Gasteiger partial charge on any atom is 0.363 e. The molecule has 0 unspecified atom stereocenters. The van der Waals surface area contributed by atoms with Gasteiger partial charge in [-0.2, -0.15) is 0 Å². The van der Waals surface area contributed by atoms with E-state index in [0.717, 1.165) is 5.56 Å². The Bertz CT molecular complexity index is 1120. The fraction of sp³-hybridized carbons (Fsp3) is 0.0435. The smallest absolute Gasteiger partial charge is 0.363 e. The molecule has 4 rings (SSSR count). The van der Waals surface area contributed by atoms with E-state index < -0.39 is 11.8 Å². The second-order valence-electron chi connectivity index (χ2n) is 6.27. The molecule has 0 spiro atoms. The minimum Gasteiger partial charge on any atom is -0.488 e. The summed E-state index contributed by atoms with van der Waals surface area (Å²) in [7, 11) is 0. The molecule has 6 heteroatoms. The van der Waals surface area contributed by atoms with Gasteiger partial charge in [-0.1, -0.05) is 42.5 Å². The Morgan fingerprint density at radius 3 is 2.45 bits per heavy atom. The zero-order valence-corrected chi connectivity index (χ0v) is 15.1. The second-order valence-corrected chi connectivity index (χ2v) is 6.27. The first-order valence-electron chi connectivity index (χ1n) is 8.84. The summed E-state index contributed by atoms with van der Waals surface area (Å²) in [6, 6.07) is 19.0. The average Bonchev–Trinajstić information content (AvgIpc) is 3.09. The van der Waals surface area contributed by atoms with Crippen LogP contribution in [0.2, 0.25) is 0 Å². The van der Waals surface area contributed by atoms with E-state index in [2.05, 4.69) is 4.99 Å². The molecule has 1 aliphatic heterocycles. The average molecular weight is 391 g/mol. The molecule has 0 saturated carbocycles. The second kappa shape index (κ2) is 8.06. The van der Waals surface area contributed by atoms with Crippen molar-refractivity contribution >= 4 is 17.9 Å². The Labute approximate surface area is 165 Å². The van der Waals surface area contributed by atoms with Gasteiger partial charge in [0.15, 0.2) is 5.70 Å². The monoisotopic (exact) mass is 391 g/mol. The summed E-state index contributed by atoms with van der Waals surface area (Å²) in [6.07, 6.45) is 1.52. The number of hydrogen-bond donors (Lipinski definition) is 0. The summed E-state index contributed by atoms with van der Waals surface area (Å²) < 4.78 is 37.9. The summed E-state index contributed by atoms with van der Waals surface area (Å²) >= 11 is 0. The molecule has 0 aromatic heterocycles. The van der Waals surface area contributed by atoms with Crippen LogP contribution in [0.4, 0.5) is 8.78 Å². The number of carbonyl (C=O) groups excluding carboxylic acids is 1. The Hall–Kier alpha value is -3.80. The fourth-order valence-corrected chi connectivity index (χ4v) is 2.78. The quantitative estimate of drug-likeness (QED) is 0.460. The molecular formula is C23H15F2NO3. The van der Waals surface area contributed by atoms with Gasteiger partial charge >= 0.3 is 5.97 Å². The number of ether oxygens (including phenoxy) is 2. The van der Waals surface area contributed by atoms with Gasteiger partial charge in [-0.05, 0) is 42.0 Å². The van der Waals surface area contributed by atoms with Gasteiger partial charge < -0.3 is 9.47 Å². The van der Waals surface area contributed by atoms with Crippen LogP contribution in [0.3, 0.4) is 0 Å². The van der Waals surface area contributed by atoms with Gasteiger partial charge in [-0.3, -0.25) is 0 Å². The molecule has 0 amide bonds. The minimum atomic E-state index is -0.670. The van der Waals surface area contributed by atoms with Crippen LogP contribution in [0.5, 0.6) is 5.75 Å². The van der Waals surface area contributed by atoms with Crippen LogP contribution >= 0.6 is 0 Å². The molecular weight excluding hydrogens is 376 g/mol. The van der Waals surface area contributed by atoms with Crippen molar-refractivity contribution in [3.63, 3.8) is 0 Å². The minimum absolute atomic E-state index is 0.0427. The van der Waals surface area contributed by atoms with Crippen molar-refractivity contribution in [1.29, 1.82) is 0 Å². The molecule has 0 atom stereocenters. The van der Waals surface area contributed by atoms with E-state index in [0.29, 0.717) is 11.3 Å². The number of carbonyl (C=O) groups is 1. The maximum atomic E-state index is 13.9. The van der Waals surface area contributed by atoms with E-state index in [1.807, 2.05) is 0 Å². The largest absolute Gasteiger partial charge is 0.488 e. The van der Waals surface area contributed by atoms with Gasteiger partial charge in [0, 0.05) is 5.56 Å². The van der Waals surface area contributed by atoms with Crippen molar-refractivity contribution in [1.82, 2.24) is 0 Å². The van der Waals surface area contributed by atoms with Crippen molar-refractivity contribution in [2.45, 2.75) is 6.61 Å². The summed E-state index contributed by atoms with van der Waals surface area (Å²) in [6.45, 7) is 0.231. The van der Waals surface area contributed by atoms with Crippen molar-refractivity contribution in [3.05, 3.63) is 107 Å². The van der Waals surface area contributed by atoms with Crippen molar-refractivity contribution in [2.75, 3.05) is 0 Å². The van der Waals surface area contributed by atoms with Crippen LogP contribution in [0, 0.1) is 11.6 Å². The number of esters is 1. The van der Waals surface area contributed by atoms with Gasteiger partial charge in [0.25, 0.3) is 0 Å². The molecule has 0 saturated heterocycles. The van der Waals surface area contributed by atoms with Gasteiger partial charge in [0.2, 0.25) is 5.90 Å². The van der Waals surface area contributed by atoms with Crippen molar-refractivity contribution < 1.29 is 23.0 Å². The fourth-order valence-electron chi connectivity index (χ4n) is 2.78. The molecule has 0 bridgehead atoms. The number of nitrogens with zero attached hydrogens (tertiary/aromatic N) is 1. The first kappa shape index (κ1) is 18.6. The normalized spacial score (nSPS) is 14.6. The lowest BCUT2D eigenvalue weighted by Gasteiger charge is -2.09. The Morgan fingerprint density at radius 2 is 1.66 bits per heavy atom. The highest BCUT2D eigenvalue weighted by atomic mass is 19.1. The number of hydrogen-bond acceptors (Lipinski definition) is 4. The SMILES string of the molecule is O=C1OC(c2ccccc2F)=NC1=Cc1ccccc1OCc1ccc(F)cc1. The third-order valence-corrected chi connectivity index (χ3v) is 4.24. The van der Waals surface area contributed by atoms with E-state index in [4.69, 9.17) is 9.47 Å². The highest BCUT2D eigenvalue weighted by Gasteiger charge is 2.26. The highest BCUT2D eigenvalue weighted by molar-refractivity contribution is 6.13. The number of halogens is 2. The lowest BCUT2D eigenvalue weighted by Crippen LogP contribution is -2.07. The first-order valence-corrected chi connectivity index (χ1v) is 8.84. The van der Waals surface area contributed by atoms with Gasteiger partial charge in [0.05, 0.1) is 5.56 Å². The van der Waals surface area contributed by atoms with Crippen LogP contribution in [-0.4, -0.2) is 11.9 Å². The molecule has 144 valence electrons. The third kappa shape index (κ3) is 4.21. The molecule has 29 heavy (non-hydrogen) atoms. The summed E-state index contributed by atoms with van der Waals surface area (Å²) in [5.74, 6) is -1.07. The number of aliphatic imine (C=N–C) groups is 1. The lowest BCUT2D eigenvalue weighted by molar-refractivity contribution is -0.129. The van der Waals surface area contributed by atoms with Crippen LogP contribution in [0.25, 0.3) is 6.08 Å². The first-order chi connectivity index (χ1) is 14.1. The number of cyclic esters (lactones) is 1. The van der Waals surface area contributed by atoms with Crippen molar-refractivity contribution in [2.24, 2.45) is 4.99 Å². The number of para-hydroxylation sites is 1. The Morgan fingerprint density at radius 1 is 0.931 bits per heavy atom. The molecule has 0 fully saturated rings. The lowest BCUT2D eigenvalue weighted by atomic mass is 10.1. The summed E-state index contributed by atoms with van der Waals surface area (Å²) in [5, 5.41) is 0. The molecule has 3 aromatic rings. The molecule has 0 aliphatic carbocycles. The topological polar surface area (TPSA) is 47.9 Å². The van der Waals surface area contributed by atoms with Crippen LogP contribution in [0.1, 0.15) is 16.7 Å². The van der Waals surface area contributed by atoms with E-state index in [1.165, 1.54) is 30.3 Å². The standard InChI is InChI=1S/C23H15F2NO3/c24-17-11-9-15(10-12-17)14-28-21-8-4-1-5-16(21)13-20-23(27)29-22(26-20)18-6-2-3-7-19(18)25/h1-13H,14H2. The van der Waals surface area contributed by atoms with E-state index in [9.17, 15) is 13.6 Å². The van der Waals surface area contributed by atoms with Crippen LogP contribution in [0.15, 0.2) is 83.5 Å². The molecule has 0 N–H and O–H groups in total. The van der Waals surface area contributed by atoms with E-state index in [1.54, 1.807) is 48.5 Å². The molecule has 0 radical (unpaired) electrons. The zero-order chi connectivity index (χ0) is 20.2. The Balaban J connectivity index is 1.58. The molecule has 1 aliphatic rings. The predicted octanol–water partition coefficient (Wildman–Crippen LogP) is 4.89. The van der Waals surface area contributed by atoms with Gasteiger partial charge in [-0.15, -0.1) is 0 Å². The summed E-state index contributed by atoms with van der Waals surface area (Å²) in [5.41, 5.74) is 1.57. The van der Waals surface area contributed by atoms with Gasteiger partial charge in [-0.25, -0.2) is 18.6 Å². The Kier molecular flexibility index (Phi) is 5.16.